The Balaban J connectivity index is 0.000000191. The van der Waals surface area contributed by atoms with Crippen molar-refractivity contribution < 1.29 is 9.59 Å². The van der Waals surface area contributed by atoms with Crippen LogP contribution in [-0.2, 0) is 9.59 Å². The van der Waals surface area contributed by atoms with E-state index in [1.54, 1.807) is 14.1 Å². The third kappa shape index (κ3) is 3.87. The zero-order valence-electron chi connectivity index (χ0n) is 12.2. The van der Waals surface area contributed by atoms with Gasteiger partial charge in [0.1, 0.15) is 11.7 Å². The van der Waals surface area contributed by atoms with Crippen LogP contribution in [0.1, 0.15) is 33.6 Å². The number of rotatable bonds is 0. The second-order valence-corrected chi connectivity index (χ2v) is 5.45. The fraction of sp³-hybridized carbons (Fsp3) is 0.692. The Morgan fingerprint density at radius 1 is 1.11 bits per heavy atom. The molecule has 6 nitrogen and oxygen atoms in total. The molecular formula is C13H22N4O2. The highest BCUT2D eigenvalue weighted by molar-refractivity contribution is 6.07. The first-order valence-corrected chi connectivity index (χ1v) is 6.33. The molecule has 2 saturated heterocycles. The summed E-state index contributed by atoms with van der Waals surface area (Å²) in [5.41, 5.74) is -0.255. The molecular weight excluding hydrogens is 244 g/mol. The molecule has 2 amide bonds. The van der Waals surface area contributed by atoms with Crippen LogP contribution in [0.15, 0.2) is 9.98 Å². The Labute approximate surface area is 113 Å². The Morgan fingerprint density at radius 3 is 1.89 bits per heavy atom. The van der Waals surface area contributed by atoms with Crippen molar-refractivity contribution in [2.45, 2.75) is 33.6 Å². The minimum atomic E-state index is -0.255. The van der Waals surface area contributed by atoms with Crippen molar-refractivity contribution in [1.29, 1.82) is 0 Å². The lowest BCUT2D eigenvalue weighted by Gasteiger charge is -2.09. The van der Waals surface area contributed by atoms with E-state index in [4.69, 9.17) is 0 Å². The summed E-state index contributed by atoms with van der Waals surface area (Å²) in [6.07, 6.45) is 1.51. The third-order valence-corrected chi connectivity index (χ3v) is 3.24. The third-order valence-electron chi connectivity index (χ3n) is 3.24. The van der Waals surface area contributed by atoms with Crippen LogP contribution >= 0.6 is 0 Å². The molecule has 2 N–H and O–H groups in total. The minimum absolute atomic E-state index is 0.0769. The van der Waals surface area contributed by atoms with Crippen LogP contribution in [0.4, 0.5) is 0 Å². The Bertz CT molecular complexity index is 438. The first-order chi connectivity index (χ1) is 8.80. The summed E-state index contributed by atoms with van der Waals surface area (Å²) in [6.45, 7) is 5.73. The highest BCUT2D eigenvalue weighted by atomic mass is 16.2. The average molecular weight is 266 g/mol. The van der Waals surface area contributed by atoms with E-state index in [1.165, 1.54) is 0 Å². The maximum absolute atomic E-state index is 11.1. The summed E-state index contributed by atoms with van der Waals surface area (Å²) in [7, 11) is 3.38. The van der Waals surface area contributed by atoms with Crippen molar-refractivity contribution in [3.8, 4) is 0 Å². The normalized spacial score (nSPS) is 29.0. The molecule has 2 fully saturated rings. The summed E-state index contributed by atoms with van der Waals surface area (Å²) in [5.74, 6) is 1.90. The predicted octanol–water partition coefficient (Wildman–Crippen LogP) is 0.731. The zero-order valence-corrected chi connectivity index (χ0v) is 12.2. The molecule has 2 rings (SSSR count). The maximum Gasteiger partial charge on any atom is 0.231 e. The van der Waals surface area contributed by atoms with Gasteiger partial charge in [0.05, 0.1) is 5.41 Å². The number of hydrogen-bond donors (Lipinski definition) is 2. The van der Waals surface area contributed by atoms with Gasteiger partial charge in [-0.25, -0.2) is 0 Å². The monoisotopic (exact) mass is 266 g/mol. The molecule has 0 aromatic carbocycles. The second-order valence-electron chi connectivity index (χ2n) is 5.45. The molecule has 0 spiro atoms. The van der Waals surface area contributed by atoms with Crippen LogP contribution < -0.4 is 10.6 Å². The minimum Gasteiger partial charge on any atom is -0.314 e. The van der Waals surface area contributed by atoms with Gasteiger partial charge in [-0.1, -0.05) is 20.8 Å². The largest absolute Gasteiger partial charge is 0.314 e. The number of amides is 2. The highest BCUT2D eigenvalue weighted by Gasteiger charge is 2.36. The van der Waals surface area contributed by atoms with Crippen LogP contribution in [0.5, 0.6) is 0 Å². The molecule has 0 aromatic rings. The molecule has 0 saturated carbocycles. The lowest BCUT2D eigenvalue weighted by molar-refractivity contribution is -0.125. The summed E-state index contributed by atoms with van der Waals surface area (Å²) in [4.78, 5) is 29.6. The highest BCUT2D eigenvalue weighted by Crippen LogP contribution is 2.25. The van der Waals surface area contributed by atoms with E-state index in [1.807, 2.05) is 20.8 Å². The van der Waals surface area contributed by atoms with Crippen molar-refractivity contribution >= 4 is 23.5 Å². The fourth-order valence-corrected chi connectivity index (χ4v) is 1.82. The van der Waals surface area contributed by atoms with Gasteiger partial charge < -0.3 is 10.6 Å². The average Bonchev–Trinajstić information content (AvgIpc) is 2.81. The molecule has 2 aliphatic heterocycles. The van der Waals surface area contributed by atoms with Crippen LogP contribution in [0, 0.1) is 11.3 Å². The standard InChI is InChI=1S/C7H12N2O.C6H10N2O/c1-7(2)4-5(8-3)9-6(7)10;1-4-3-5(7-2)8-6(4)9/h4H2,1-3H3,(H,8,9,10);4H,3H2,1-2H3,(H,7,8,9). The van der Waals surface area contributed by atoms with E-state index >= 15 is 0 Å². The number of nitrogens with zero attached hydrogens (tertiary/aromatic N) is 2. The quantitative estimate of drug-likeness (QED) is 0.677. The molecule has 2 aliphatic rings. The van der Waals surface area contributed by atoms with Gasteiger partial charge >= 0.3 is 0 Å². The molecule has 1 atom stereocenters. The number of amidine groups is 2. The van der Waals surface area contributed by atoms with Crippen molar-refractivity contribution in [2.24, 2.45) is 21.3 Å². The first kappa shape index (κ1) is 15.3. The van der Waals surface area contributed by atoms with Crippen LogP contribution in [0.25, 0.3) is 0 Å². The maximum atomic E-state index is 11.1. The summed E-state index contributed by atoms with van der Waals surface area (Å²) in [5, 5.41) is 5.37. The summed E-state index contributed by atoms with van der Waals surface area (Å²) < 4.78 is 0. The van der Waals surface area contributed by atoms with Crippen LogP contribution in [0.2, 0.25) is 0 Å². The number of hydrogen-bond acceptors (Lipinski definition) is 4. The van der Waals surface area contributed by atoms with Gasteiger partial charge in [-0.15, -0.1) is 0 Å². The van der Waals surface area contributed by atoms with E-state index in [0.717, 1.165) is 24.5 Å². The van der Waals surface area contributed by atoms with Gasteiger partial charge in [-0.05, 0) is 0 Å². The van der Waals surface area contributed by atoms with Crippen LogP contribution in [0.3, 0.4) is 0 Å². The van der Waals surface area contributed by atoms with E-state index in [-0.39, 0.29) is 23.1 Å². The molecule has 0 aliphatic carbocycles. The van der Waals surface area contributed by atoms with Gasteiger partial charge in [-0.3, -0.25) is 19.6 Å². The van der Waals surface area contributed by atoms with Gasteiger partial charge in [0, 0.05) is 32.9 Å². The van der Waals surface area contributed by atoms with E-state index < -0.39 is 0 Å². The topological polar surface area (TPSA) is 82.9 Å². The molecule has 0 aromatic heterocycles. The van der Waals surface area contributed by atoms with Crippen molar-refractivity contribution in [3.63, 3.8) is 0 Å². The van der Waals surface area contributed by atoms with Crippen LogP contribution in [-0.4, -0.2) is 37.6 Å². The Hall–Kier alpha value is -1.72. The first-order valence-electron chi connectivity index (χ1n) is 6.33. The second kappa shape index (κ2) is 5.95. The molecule has 0 bridgehead atoms. The Morgan fingerprint density at radius 2 is 1.68 bits per heavy atom. The smallest absolute Gasteiger partial charge is 0.231 e. The SMILES string of the molecule is CN=C1CC(C)(C)C(=O)N1.CN=C1CC(C)C(=O)N1. The molecule has 1 unspecified atom stereocenters. The van der Waals surface area contributed by atoms with Gasteiger partial charge in [0.15, 0.2) is 0 Å². The van der Waals surface area contributed by atoms with Gasteiger partial charge in [-0.2, -0.15) is 0 Å². The van der Waals surface area contributed by atoms with Gasteiger partial charge in [0.25, 0.3) is 0 Å². The van der Waals surface area contributed by atoms with E-state index in [2.05, 4.69) is 20.6 Å². The number of aliphatic imine (C=N–C) groups is 2. The van der Waals surface area contributed by atoms with Crippen molar-refractivity contribution in [1.82, 2.24) is 10.6 Å². The molecule has 19 heavy (non-hydrogen) atoms. The molecule has 6 heteroatoms. The number of carbonyl (C=O) groups is 2. The number of nitrogens with one attached hydrogen (secondary N) is 2. The molecule has 106 valence electrons. The molecule has 2 heterocycles. The van der Waals surface area contributed by atoms with E-state index in [0.29, 0.717) is 0 Å². The van der Waals surface area contributed by atoms with E-state index in [9.17, 15) is 9.59 Å². The summed E-state index contributed by atoms with van der Waals surface area (Å²) in [6, 6.07) is 0. The van der Waals surface area contributed by atoms with Crippen molar-refractivity contribution in [2.75, 3.05) is 14.1 Å². The molecule has 0 radical (unpaired) electrons. The number of carbonyl (C=O) groups excluding carboxylic acids is 2. The lowest BCUT2D eigenvalue weighted by atomic mass is 9.92. The van der Waals surface area contributed by atoms with Gasteiger partial charge in [0.2, 0.25) is 11.8 Å². The van der Waals surface area contributed by atoms with Crippen molar-refractivity contribution in [3.05, 3.63) is 0 Å². The fourth-order valence-electron chi connectivity index (χ4n) is 1.82. The summed E-state index contributed by atoms with van der Waals surface area (Å²) >= 11 is 0. The Kier molecular flexibility index (Phi) is 4.80. The predicted molar refractivity (Wildman–Crippen MR) is 75.2 cm³/mol. The zero-order chi connectivity index (χ0) is 14.6. The lowest BCUT2D eigenvalue weighted by Crippen LogP contribution is -2.26.